The molecule has 0 aromatic heterocycles. The number of carbonyl (C=O) groups is 2. The molecule has 0 atom stereocenters. The van der Waals surface area contributed by atoms with Gasteiger partial charge < -0.3 is 4.74 Å². The van der Waals surface area contributed by atoms with Crippen molar-refractivity contribution in [1.82, 2.24) is 0 Å². The number of hydrogen-bond acceptors (Lipinski definition) is 4. The van der Waals surface area contributed by atoms with Gasteiger partial charge in [0.15, 0.2) is 12.1 Å². The highest BCUT2D eigenvalue weighted by molar-refractivity contribution is 5.99. The molecule has 0 radical (unpaired) electrons. The van der Waals surface area contributed by atoms with E-state index in [4.69, 9.17) is 10.00 Å². The summed E-state index contributed by atoms with van der Waals surface area (Å²) < 4.78 is 4.96. The van der Waals surface area contributed by atoms with E-state index >= 15 is 0 Å². The molecule has 76 valence electrons. The fourth-order valence-electron chi connectivity index (χ4n) is 1.23. The fourth-order valence-corrected chi connectivity index (χ4v) is 1.23. The third kappa shape index (κ3) is 2.02. The first-order valence-electron chi connectivity index (χ1n) is 4.22. The molecule has 0 aliphatic heterocycles. The molecule has 0 unspecified atom stereocenters. The smallest absolute Gasteiger partial charge is 0.163 e. The molecule has 0 saturated heterocycles. The predicted octanol–water partition coefficient (Wildman–Crippen LogP) is 1.58. The average molecular weight is 203 g/mol. The molecular formula is C11H9NO3. The van der Waals surface area contributed by atoms with Crippen molar-refractivity contribution in [2.24, 2.45) is 0 Å². The summed E-state index contributed by atoms with van der Waals surface area (Å²) in [7, 11) is 1.41. The van der Waals surface area contributed by atoms with E-state index in [0.717, 1.165) is 0 Å². The van der Waals surface area contributed by atoms with Gasteiger partial charge in [0.2, 0.25) is 0 Å². The molecule has 0 amide bonds. The third-order valence-electron chi connectivity index (χ3n) is 2.00. The van der Waals surface area contributed by atoms with E-state index in [1.807, 2.05) is 6.07 Å². The highest BCUT2D eigenvalue weighted by atomic mass is 16.5. The van der Waals surface area contributed by atoms with Crippen LogP contribution in [0.5, 0.6) is 5.75 Å². The monoisotopic (exact) mass is 203 g/mol. The summed E-state index contributed by atoms with van der Waals surface area (Å²) in [6, 6.07) is 4.62. The normalized spacial score (nSPS) is 9.13. The van der Waals surface area contributed by atoms with Gasteiger partial charge in [0.1, 0.15) is 11.8 Å². The minimum Gasteiger partial charge on any atom is -0.496 e. The summed E-state index contributed by atoms with van der Waals surface area (Å²) >= 11 is 0. The van der Waals surface area contributed by atoms with Crippen LogP contribution in [-0.4, -0.2) is 19.2 Å². The van der Waals surface area contributed by atoms with Gasteiger partial charge in [0.05, 0.1) is 18.2 Å². The molecule has 0 spiro atoms. The summed E-state index contributed by atoms with van der Waals surface area (Å²) in [6.07, 6.45) is 0.546. The van der Waals surface area contributed by atoms with Crippen LogP contribution in [0.25, 0.3) is 0 Å². The van der Waals surface area contributed by atoms with Gasteiger partial charge in [-0.15, -0.1) is 0 Å². The first-order valence-corrected chi connectivity index (χ1v) is 4.22. The zero-order valence-electron chi connectivity index (χ0n) is 8.40. The minimum absolute atomic E-state index is 0.198. The number of nitriles is 1. The third-order valence-corrected chi connectivity index (χ3v) is 2.00. The van der Waals surface area contributed by atoms with Gasteiger partial charge in [0.25, 0.3) is 0 Å². The Morgan fingerprint density at radius 1 is 1.53 bits per heavy atom. The molecular weight excluding hydrogens is 194 g/mol. The van der Waals surface area contributed by atoms with Crippen molar-refractivity contribution in [2.45, 2.75) is 6.92 Å². The van der Waals surface area contributed by atoms with Crippen LogP contribution in [0.1, 0.15) is 33.2 Å². The van der Waals surface area contributed by atoms with Crippen LogP contribution < -0.4 is 4.74 Å². The molecule has 0 fully saturated rings. The average Bonchev–Trinajstić information content (AvgIpc) is 2.26. The van der Waals surface area contributed by atoms with Gasteiger partial charge in [-0.2, -0.15) is 5.26 Å². The molecule has 0 N–H and O–H groups in total. The van der Waals surface area contributed by atoms with Crippen LogP contribution in [-0.2, 0) is 0 Å². The van der Waals surface area contributed by atoms with Gasteiger partial charge in [-0.1, -0.05) is 0 Å². The van der Waals surface area contributed by atoms with Crippen LogP contribution >= 0.6 is 0 Å². The Kier molecular flexibility index (Phi) is 3.19. The second kappa shape index (κ2) is 4.38. The molecule has 0 bridgehead atoms. The first-order chi connectivity index (χ1) is 7.13. The van der Waals surface area contributed by atoms with Gasteiger partial charge >= 0.3 is 0 Å². The summed E-state index contributed by atoms with van der Waals surface area (Å²) in [5.41, 5.74) is 0.703. The van der Waals surface area contributed by atoms with Crippen LogP contribution in [0.15, 0.2) is 12.1 Å². The number of ether oxygens (including phenoxy) is 1. The summed E-state index contributed by atoms with van der Waals surface area (Å²) in [5.74, 6) is 0.101. The lowest BCUT2D eigenvalue weighted by Gasteiger charge is -2.07. The highest BCUT2D eigenvalue weighted by Crippen LogP contribution is 2.23. The summed E-state index contributed by atoms with van der Waals surface area (Å²) in [6.45, 7) is 1.37. The van der Waals surface area contributed by atoms with E-state index < -0.39 is 0 Å². The Labute approximate surface area is 87.1 Å². The topological polar surface area (TPSA) is 67.2 Å². The number of methoxy groups -OCH3 is 1. The van der Waals surface area contributed by atoms with Crippen molar-refractivity contribution in [3.8, 4) is 11.8 Å². The number of Topliss-reactive ketones (excluding diaryl/α,β-unsaturated/α-hetero) is 1. The maximum Gasteiger partial charge on any atom is 0.163 e. The molecule has 1 aromatic rings. The van der Waals surface area contributed by atoms with Gasteiger partial charge in [0, 0.05) is 5.56 Å². The second-order valence-electron chi connectivity index (χ2n) is 2.93. The van der Waals surface area contributed by atoms with Crippen molar-refractivity contribution in [2.75, 3.05) is 7.11 Å². The number of carbonyl (C=O) groups excluding carboxylic acids is 2. The number of ketones is 1. The molecule has 15 heavy (non-hydrogen) atoms. The van der Waals surface area contributed by atoms with Gasteiger partial charge in [-0.3, -0.25) is 9.59 Å². The van der Waals surface area contributed by atoms with Crippen LogP contribution in [0.2, 0.25) is 0 Å². The lowest BCUT2D eigenvalue weighted by atomic mass is 10.0. The molecule has 4 heteroatoms. The van der Waals surface area contributed by atoms with Crippen molar-refractivity contribution in [3.05, 3.63) is 28.8 Å². The largest absolute Gasteiger partial charge is 0.496 e. The number of rotatable bonds is 3. The Balaban J connectivity index is 3.49. The molecule has 0 aliphatic carbocycles. The quantitative estimate of drug-likeness (QED) is 0.552. The van der Waals surface area contributed by atoms with E-state index in [1.54, 1.807) is 0 Å². The molecule has 0 saturated carbocycles. The van der Waals surface area contributed by atoms with Crippen LogP contribution in [0, 0.1) is 11.3 Å². The SMILES string of the molecule is COc1cc(C#N)c(C=O)cc1C(C)=O. The molecule has 0 heterocycles. The first kappa shape index (κ1) is 10.9. The van der Waals surface area contributed by atoms with Crippen molar-refractivity contribution < 1.29 is 14.3 Å². The van der Waals surface area contributed by atoms with E-state index in [-0.39, 0.29) is 16.9 Å². The van der Waals surface area contributed by atoms with E-state index in [9.17, 15) is 9.59 Å². The lowest BCUT2D eigenvalue weighted by molar-refractivity contribution is 0.101. The van der Waals surface area contributed by atoms with Crippen molar-refractivity contribution in [1.29, 1.82) is 5.26 Å². The number of aldehydes is 1. The molecule has 1 aromatic carbocycles. The maximum absolute atomic E-state index is 11.2. The zero-order chi connectivity index (χ0) is 11.4. The Morgan fingerprint density at radius 3 is 2.60 bits per heavy atom. The van der Waals surface area contributed by atoms with Crippen molar-refractivity contribution in [3.63, 3.8) is 0 Å². The number of benzene rings is 1. The maximum atomic E-state index is 11.2. The molecule has 4 nitrogen and oxygen atoms in total. The van der Waals surface area contributed by atoms with E-state index in [1.165, 1.54) is 26.2 Å². The van der Waals surface area contributed by atoms with Crippen LogP contribution in [0.4, 0.5) is 0 Å². The van der Waals surface area contributed by atoms with Crippen molar-refractivity contribution >= 4 is 12.1 Å². The minimum atomic E-state index is -0.209. The second-order valence-corrected chi connectivity index (χ2v) is 2.93. The predicted molar refractivity (Wildman–Crippen MR) is 53.1 cm³/mol. The van der Waals surface area contributed by atoms with Gasteiger partial charge in [-0.25, -0.2) is 0 Å². The Morgan fingerprint density at radius 2 is 2.20 bits per heavy atom. The zero-order valence-corrected chi connectivity index (χ0v) is 8.40. The van der Waals surface area contributed by atoms with Crippen LogP contribution in [0.3, 0.4) is 0 Å². The summed E-state index contributed by atoms with van der Waals surface area (Å²) in [5, 5.41) is 8.75. The summed E-state index contributed by atoms with van der Waals surface area (Å²) in [4.78, 5) is 21.9. The fraction of sp³-hybridized carbons (Fsp3) is 0.182. The van der Waals surface area contributed by atoms with E-state index in [2.05, 4.69) is 0 Å². The number of nitrogens with zero attached hydrogens (tertiary/aromatic N) is 1. The molecule has 1 rings (SSSR count). The van der Waals surface area contributed by atoms with Gasteiger partial charge in [-0.05, 0) is 19.1 Å². The highest BCUT2D eigenvalue weighted by Gasteiger charge is 2.12. The standard InChI is InChI=1S/C11H9NO3/c1-7(14)10-3-9(6-13)8(5-12)4-11(10)15-2/h3-4,6H,1-2H3. The molecule has 0 aliphatic rings. The Bertz CT molecular complexity index is 458. The Hall–Kier alpha value is -2.15. The van der Waals surface area contributed by atoms with E-state index in [0.29, 0.717) is 17.6 Å². The number of hydrogen-bond donors (Lipinski definition) is 0. The lowest BCUT2D eigenvalue weighted by Crippen LogP contribution is -2.01.